The molecule has 0 aliphatic carbocycles. The third kappa shape index (κ3) is 4.77. The van der Waals surface area contributed by atoms with Crippen molar-refractivity contribution in [3.8, 4) is 0 Å². The maximum atomic E-state index is 11.9. The molecule has 2 N–H and O–H groups in total. The van der Waals surface area contributed by atoms with Crippen molar-refractivity contribution < 1.29 is 4.79 Å². The summed E-state index contributed by atoms with van der Waals surface area (Å²) in [6.45, 7) is 8.85. The summed E-state index contributed by atoms with van der Waals surface area (Å²) in [5.41, 5.74) is 1.47. The smallest absolute Gasteiger partial charge is 0.222 e. The molecule has 5 heteroatoms. The maximum Gasteiger partial charge on any atom is 0.222 e. The minimum atomic E-state index is 0.0960. The molecule has 0 radical (unpaired) electrons. The Morgan fingerprint density at radius 2 is 1.92 bits per heavy atom. The summed E-state index contributed by atoms with van der Waals surface area (Å²) in [4.78, 5) is 18.2. The third-order valence-corrected chi connectivity index (χ3v) is 5.74. The van der Waals surface area contributed by atoms with E-state index in [1.165, 1.54) is 5.56 Å². The van der Waals surface area contributed by atoms with Crippen molar-refractivity contribution in [3.05, 3.63) is 35.9 Å². The summed E-state index contributed by atoms with van der Waals surface area (Å²) in [7, 11) is 1.81. The van der Waals surface area contributed by atoms with Crippen LogP contribution in [-0.2, 0) is 10.2 Å². The number of carbonyl (C=O) groups excluding carboxylic acids is 1. The van der Waals surface area contributed by atoms with Gasteiger partial charge in [0.25, 0.3) is 0 Å². The van der Waals surface area contributed by atoms with Crippen LogP contribution in [0, 0.1) is 0 Å². The molecular formula is C21H34N4O. The first-order chi connectivity index (χ1) is 12.6. The lowest BCUT2D eigenvalue weighted by molar-refractivity contribution is -0.129. The molecule has 1 atom stereocenters. The van der Waals surface area contributed by atoms with Crippen LogP contribution in [0.5, 0.6) is 0 Å². The van der Waals surface area contributed by atoms with Crippen LogP contribution in [0.25, 0.3) is 0 Å². The molecule has 1 saturated heterocycles. The highest BCUT2D eigenvalue weighted by atomic mass is 16.2. The number of rotatable bonds is 7. The molecule has 1 aromatic rings. The van der Waals surface area contributed by atoms with Crippen molar-refractivity contribution in [2.24, 2.45) is 4.99 Å². The maximum absolute atomic E-state index is 11.9. The number of hydrogen-bond donors (Lipinski definition) is 2. The second-order valence-corrected chi connectivity index (χ2v) is 7.10. The molecule has 1 aliphatic rings. The Kier molecular flexibility index (Phi) is 7.49. The van der Waals surface area contributed by atoms with Crippen LogP contribution in [0.15, 0.2) is 35.3 Å². The zero-order valence-electron chi connectivity index (χ0n) is 16.7. The summed E-state index contributed by atoms with van der Waals surface area (Å²) >= 11 is 0. The molecule has 1 unspecified atom stereocenters. The fourth-order valence-electron chi connectivity index (χ4n) is 3.77. The summed E-state index contributed by atoms with van der Waals surface area (Å²) in [5, 5.41) is 7.02. The number of nitrogens with zero attached hydrogens (tertiary/aromatic N) is 2. The highest BCUT2D eigenvalue weighted by Gasteiger charge is 2.30. The standard InChI is InChI=1S/C21H34N4O/c1-5-19(26)25-14-13-18(15-25)24-20(22-4)23-16-21(6-2,7-3)17-11-9-8-10-12-17/h8-12,18H,5-7,13-16H2,1-4H3,(H2,22,23,24). The quantitative estimate of drug-likeness (QED) is 0.582. The topological polar surface area (TPSA) is 56.7 Å². The van der Waals surface area contributed by atoms with Crippen LogP contribution in [-0.4, -0.2) is 49.5 Å². The van der Waals surface area contributed by atoms with Crippen molar-refractivity contribution >= 4 is 11.9 Å². The van der Waals surface area contributed by atoms with Crippen molar-refractivity contribution in [2.75, 3.05) is 26.7 Å². The van der Waals surface area contributed by atoms with Crippen LogP contribution in [0.2, 0.25) is 0 Å². The molecule has 0 bridgehead atoms. The van der Waals surface area contributed by atoms with Crippen molar-refractivity contribution in [1.29, 1.82) is 0 Å². The van der Waals surface area contributed by atoms with Gasteiger partial charge in [-0.1, -0.05) is 51.1 Å². The van der Waals surface area contributed by atoms with E-state index < -0.39 is 0 Å². The Bertz CT molecular complexity index is 595. The van der Waals surface area contributed by atoms with Gasteiger partial charge in [0.2, 0.25) is 5.91 Å². The normalized spacial score (nSPS) is 18.1. The van der Waals surface area contributed by atoms with E-state index in [0.29, 0.717) is 6.42 Å². The summed E-state index contributed by atoms with van der Waals surface area (Å²) in [6, 6.07) is 11.0. The number of aliphatic imine (C=N–C) groups is 1. The molecule has 0 aromatic heterocycles. The van der Waals surface area contributed by atoms with Gasteiger partial charge in [-0.3, -0.25) is 9.79 Å². The van der Waals surface area contributed by atoms with Gasteiger partial charge < -0.3 is 15.5 Å². The fraction of sp³-hybridized carbons (Fsp3) is 0.619. The average Bonchev–Trinajstić information content (AvgIpc) is 3.17. The first kappa shape index (κ1) is 20.3. The molecule has 0 spiro atoms. The Morgan fingerprint density at radius 3 is 2.50 bits per heavy atom. The molecule has 2 rings (SSSR count). The van der Waals surface area contributed by atoms with Gasteiger partial charge in [0.1, 0.15) is 0 Å². The number of amides is 1. The lowest BCUT2D eigenvalue weighted by Gasteiger charge is -2.33. The van der Waals surface area contributed by atoms with Crippen LogP contribution in [0.4, 0.5) is 0 Å². The molecule has 5 nitrogen and oxygen atoms in total. The van der Waals surface area contributed by atoms with Crippen LogP contribution < -0.4 is 10.6 Å². The Hall–Kier alpha value is -2.04. The van der Waals surface area contributed by atoms with Gasteiger partial charge in [-0.05, 0) is 24.8 Å². The number of benzene rings is 1. The van der Waals surface area contributed by atoms with Gasteiger partial charge in [0, 0.05) is 44.6 Å². The van der Waals surface area contributed by atoms with E-state index >= 15 is 0 Å². The molecule has 0 saturated carbocycles. The van der Waals surface area contributed by atoms with E-state index in [-0.39, 0.29) is 17.4 Å². The van der Waals surface area contributed by atoms with Crippen molar-refractivity contribution in [2.45, 2.75) is 57.9 Å². The van der Waals surface area contributed by atoms with Gasteiger partial charge in [-0.2, -0.15) is 0 Å². The SMILES string of the molecule is CCC(=O)N1CCC(NC(=NC)NCC(CC)(CC)c2ccccc2)C1. The van der Waals surface area contributed by atoms with Crippen LogP contribution >= 0.6 is 0 Å². The predicted molar refractivity (Wildman–Crippen MR) is 108 cm³/mol. The summed E-state index contributed by atoms with van der Waals surface area (Å²) in [5.74, 6) is 1.06. The van der Waals surface area contributed by atoms with E-state index in [1.807, 2.05) is 11.8 Å². The third-order valence-electron chi connectivity index (χ3n) is 5.74. The van der Waals surface area contributed by atoms with E-state index in [0.717, 1.165) is 44.9 Å². The molecule has 1 fully saturated rings. The molecule has 1 amide bonds. The molecule has 144 valence electrons. The van der Waals surface area contributed by atoms with Gasteiger partial charge in [0.05, 0.1) is 0 Å². The first-order valence-electron chi connectivity index (χ1n) is 9.89. The van der Waals surface area contributed by atoms with Gasteiger partial charge in [-0.25, -0.2) is 0 Å². The molecule has 26 heavy (non-hydrogen) atoms. The first-order valence-corrected chi connectivity index (χ1v) is 9.89. The zero-order valence-corrected chi connectivity index (χ0v) is 16.7. The summed E-state index contributed by atoms with van der Waals surface area (Å²) in [6.07, 6.45) is 3.68. The van der Waals surface area contributed by atoms with E-state index in [2.05, 4.69) is 59.8 Å². The highest BCUT2D eigenvalue weighted by molar-refractivity contribution is 5.80. The zero-order chi connectivity index (χ0) is 19.0. The lowest BCUT2D eigenvalue weighted by Crippen LogP contribution is -2.49. The Morgan fingerprint density at radius 1 is 1.23 bits per heavy atom. The van der Waals surface area contributed by atoms with E-state index in [4.69, 9.17) is 0 Å². The van der Waals surface area contributed by atoms with Gasteiger partial charge in [0.15, 0.2) is 5.96 Å². The average molecular weight is 359 g/mol. The predicted octanol–water partition coefficient (Wildman–Crippen LogP) is 2.92. The largest absolute Gasteiger partial charge is 0.356 e. The van der Waals surface area contributed by atoms with Crippen molar-refractivity contribution in [3.63, 3.8) is 0 Å². The molecule has 1 aromatic carbocycles. The summed E-state index contributed by atoms with van der Waals surface area (Å²) < 4.78 is 0. The highest BCUT2D eigenvalue weighted by Crippen LogP contribution is 2.30. The van der Waals surface area contributed by atoms with Gasteiger partial charge >= 0.3 is 0 Å². The fourth-order valence-corrected chi connectivity index (χ4v) is 3.77. The van der Waals surface area contributed by atoms with Gasteiger partial charge in [-0.15, -0.1) is 0 Å². The number of hydrogen-bond acceptors (Lipinski definition) is 2. The molecule has 1 heterocycles. The molecular weight excluding hydrogens is 324 g/mol. The minimum absolute atomic E-state index is 0.0960. The van der Waals surface area contributed by atoms with Crippen molar-refractivity contribution in [1.82, 2.24) is 15.5 Å². The second-order valence-electron chi connectivity index (χ2n) is 7.10. The lowest BCUT2D eigenvalue weighted by atomic mass is 9.76. The molecule has 1 aliphatic heterocycles. The monoisotopic (exact) mass is 358 g/mol. The Labute approximate surface area is 158 Å². The van der Waals surface area contributed by atoms with E-state index in [9.17, 15) is 4.79 Å². The van der Waals surface area contributed by atoms with Crippen LogP contribution in [0.3, 0.4) is 0 Å². The number of carbonyl (C=O) groups is 1. The number of guanidine groups is 1. The second kappa shape index (κ2) is 9.60. The van der Waals surface area contributed by atoms with Crippen LogP contribution in [0.1, 0.15) is 52.0 Å². The number of likely N-dealkylation sites (tertiary alicyclic amines) is 1. The number of nitrogens with one attached hydrogen (secondary N) is 2. The van der Waals surface area contributed by atoms with E-state index in [1.54, 1.807) is 7.05 Å². The minimum Gasteiger partial charge on any atom is -0.356 e. The Balaban J connectivity index is 1.96.